The summed E-state index contributed by atoms with van der Waals surface area (Å²) >= 11 is 1.49. The predicted octanol–water partition coefficient (Wildman–Crippen LogP) is 3.15. The molecule has 3 aromatic rings. The van der Waals surface area contributed by atoms with Crippen molar-refractivity contribution in [2.75, 3.05) is 11.9 Å². The number of aromatic amines is 1. The summed E-state index contributed by atoms with van der Waals surface area (Å²) in [6.45, 7) is 0.369. The van der Waals surface area contributed by atoms with Gasteiger partial charge in [0.1, 0.15) is 5.82 Å². The SMILES string of the molecule is CN(Cc1nc2ccccc2[nH]1)C(=O)[C@@]12CCC(=O)N1c1ccccc1S2. The van der Waals surface area contributed by atoms with E-state index in [4.69, 9.17) is 0 Å². The first-order valence-corrected chi connectivity index (χ1v) is 9.70. The van der Waals surface area contributed by atoms with Gasteiger partial charge in [0.2, 0.25) is 5.91 Å². The number of anilines is 1. The van der Waals surface area contributed by atoms with E-state index in [0.29, 0.717) is 19.4 Å². The van der Waals surface area contributed by atoms with Crippen LogP contribution in [0.4, 0.5) is 5.69 Å². The summed E-state index contributed by atoms with van der Waals surface area (Å²) in [7, 11) is 1.77. The summed E-state index contributed by atoms with van der Waals surface area (Å²) in [6, 6.07) is 15.5. The van der Waals surface area contributed by atoms with E-state index in [1.54, 1.807) is 16.8 Å². The molecule has 136 valence electrons. The molecule has 5 rings (SSSR count). The van der Waals surface area contributed by atoms with E-state index >= 15 is 0 Å². The molecule has 0 spiro atoms. The van der Waals surface area contributed by atoms with Crippen molar-refractivity contribution >= 4 is 40.3 Å². The Morgan fingerprint density at radius 3 is 2.89 bits per heavy atom. The number of carbonyl (C=O) groups excluding carboxylic acids is 2. The van der Waals surface area contributed by atoms with Gasteiger partial charge in [0.25, 0.3) is 5.91 Å². The lowest BCUT2D eigenvalue weighted by molar-refractivity contribution is -0.133. The molecule has 1 N–H and O–H groups in total. The molecule has 2 amide bonds. The number of imidazole rings is 1. The molecule has 3 heterocycles. The first kappa shape index (κ1) is 16.4. The van der Waals surface area contributed by atoms with Crippen molar-refractivity contribution < 1.29 is 9.59 Å². The second-order valence-electron chi connectivity index (χ2n) is 6.95. The number of para-hydroxylation sites is 3. The number of thioether (sulfide) groups is 1. The van der Waals surface area contributed by atoms with Crippen LogP contribution in [-0.2, 0) is 16.1 Å². The first-order valence-electron chi connectivity index (χ1n) is 8.89. The predicted molar refractivity (Wildman–Crippen MR) is 104 cm³/mol. The van der Waals surface area contributed by atoms with Gasteiger partial charge in [0.05, 0.1) is 23.3 Å². The minimum Gasteiger partial charge on any atom is -0.340 e. The molecule has 7 heteroatoms. The van der Waals surface area contributed by atoms with Crippen LogP contribution < -0.4 is 4.90 Å². The third-order valence-corrected chi connectivity index (χ3v) is 6.64. The standard InChI is InChI=1S/C20H18N4O2S/c1-23(12-17-21-13-6-2-3-7-14(13)22-17)19(26)20-11-10-18(25)24(20)15-8-4-5-9-16(15)27-20/h2-9H,10-12H2,1H3,(H,21,22)/t20-/m0/s1. The van der Waals surface area contributed by atoms with Crippen molar-refractivity contribution in [1.82, 2.24) is 14.9 Å². The number of carbonyl (C=O) groups is 2. The van der Waals surface area contributed by atoms with Gasteiger partial charge in [-0.25, -0.2) is 4.98 Å². The Morgan fingerprint density at radius 1 is 1.26 bits per heavy atom. The quantitative estimate of drug-likeness (QED) is 0.760. The van der Waals surface area contributed by atoms with Crippen molar-refractivity contribution in [2.24, 2.45) is 0 Å². The lowest BCUT2D eigenvalue weighted by Crippen LogP contribution is -2.52. The number of hydrogen-bond donors (Lipinski definition) is 1. The van der Waals surface area contributed by atoms with Gasteiger partial charge in [-0.15, -0.1) is 0 Å². The molecule has 2 aliphatic rings. The third-order valence-electron chi connectivity index (χ3n) is 5.18. The molecule has 2 aliphatic heterocycles. The van der Waals surface area contributed by atoms with Crippen LogP contribution in [0, 0.1) is 0 Å². The van der Waals surface area contributed by atoms with Crippen LogP contribution in [0.3, 0.4) is 0 Å². The molecular formula is C20H18N4O2S. The Bertz CT molecular complexity index is 1050. The second kappa shape index (κ2) is 5.85. The molecule has 0 unspecified atom stereocenters. The maximum Gasteiger partial charge on any atom is 0.259 e. The highest BCUT2D eigenvalue weighted by molar-refractivity contribution is 8.02. The number of amides is 2. The van der Waals surface area contributed by atoms with E-state index in [9.17, 15) is 9.59 Å². The van der Waals surface area contributed by atoms with Crippen LogP contribution in [0.5, 0.6) is 0 Å². The number of H-pyrrole nitrogens is 1. The van der Waals surface area contributed by atoms with Gasteiger partial charge in [0, 0.05) is 18.4 Å². The lowest BCUT2D eigenvalue weighted by Gasteiger charge is -2.33. The highest BCUT2D eigenvalue weighted by Crippen LogP contribution is 2.56. The molecule has 1 fully saturated rings. The Morgan fingerprint density at radius 2 is 2.04 bits per heavy atom. The molecule has 0 aliphatic carbocycles. The average Bonchev–Trinajstić information content (AvgIpc) is 3.32. The summed E-state index contributed by atoms with van der Waals surface area (Å²) in [6.07, 6.45) is 0.917. The van der Waals surface area contributed by atoms with Gasteiger partial charge in [0.15, 0.2) is 4.87 Å². The normalized spacial score (nSPS) is 20.8. The average molecular weight is 378 g/mol. The fourth-order valence-corrected chi connectivity index (χ4v) is 5.47. The van der Waals surface area contributed by atoms with Gasteiger partial charge in [-0.05, 0) is 30.7 Å². The summed E-state index contributed by atoms with van der Waals surface area (Å²) in [5, 5.41) is 0. The smallest absolute Gasteiger partial charge is 0.259 e. The van der Waals surface area contributed by atoms with Crippen LogP contribution in [0.15, 0.2) is 53.4 Å². The minimum atomic E-state index is -0.873. The van der Waals surface area contributed by atoms with E-state index in [2.05, 4.69) is 9.97 Å². The second-order valence-corrected chi connectivity index (χ2v) is 8.26. The number of fused-ring (bicyclic) bond motifs is 4. The number of nitrogens with one attached hydrogen (secondary N) is 1. The van der Waals surface area contributed by atoms with Crippen molar-refractivity contribution in [3.05, 3.63) is 54.4 Å². The molecule has 1 atom stereocenters. The van der Waals surface area contributed by atoms with E-state index in [0.717, 1.165) is 27.4 Å². The van der Waals surface area contributed by atoms with Gasteiger partial charge in [-0.1, -0.05) is 36.0 Å². The lowest BCUT2D eigenvalue weighted by atomic mass is 10.1. The maximum absolute atomic E-state index is 13.5. The van der Waals surface area contributed by atoms with Crippen molar-refractivity contribution in [3.63, 3.8) is 0 Å². The zero-order chi connectivity index (χ0) is 18.6. The topological polar surface area (TPSA) is 69.3 Å². The maximum atomic E-state index is 13.5. The molecule has 1 saturated heterocycles. The highest BCUT2D eigenvalue weighted by Gasteiger charge is 2.58. The summed E-state index contributed by atoms with van der Waals surface area (Å²) in [4.78, 5) is 37.3. The Labute approximate surface area is 160 Å². The molecule has 0 saturated carbocycles. The number of rotatable bonds is 3. The molecule has 0 radical (unpaired) electrons. The van der Waals surface area contributed by atoms with E-state index in [1.165, 1.54) is 11.8 Å². The first-order chi connectivity index (χ1) is 13.1. The van der Waals surface area contributed by atoms with Gasteiger partial charge in [-0.2, -0.15) is 0 Å². The highest BCUT2D eigenvalue weighted by atomic mass is 32.2. The number of likely N-dealkylation sites (N-methyl/N-ethyl adjacent to an activating group) is 1. The zero-order valence-electron chi connectivity index (χ0n) is 14.8. The van der Waals surface area contributed by atoms with Crippen LogP contribution in [0.2, 0.25) is 0 Å². The van der Waals surface area contributed by atoms with Crippen molar-refractivity contribution in [2.45, 2.75) is 29.2 Å². The number of benzene rings is 2. The van der Waals surface area contributed by atoms with E-state index < -0.39 is 4.87 Å². The van der Waals surface area contributed by atoms with Crippen molar-refractivity contribution in [3.8, 4) is 0 Å². The van der Waals surface area contributed by atoms with Crippen LogP contribution >= 0.6 is 11.8 Å². The van der Waals surface area contributed by atoms with Crippen molar-refractivity contribution in [1.29, 1.82) is 0 Å². The number of aromatic nitrogens is 2. The van der Waals surface area contributed by atoms with E-state index in [1.807, 2.05) is 48.5 Å². The molecule has 2 aromatic carbocycles. The third kappa shape index (κ3) is 2.38. The summed E-state index contributed by atoms with van der Waals surface area (Å²) in [5.41, 5.74) is 2.68. The number of nitrogens with zero attached hydrogens (tertiary/aromatic N) is 3. The van der Waals surface area contributed by atoms with Gasteiger partial charge in [-0.3, -0.25) is 14.5 Å². The summed E-state index contributed by atoms with van der Waals surface area (Å²) in [5.74, 6) is 0.688. The zero-order valence-corrected chi connectivity index (χ0v) is 15.6. The largest absolute Gasteiger partial charge is 0.340 e. The molecular weight excluding hydrogens is 360 g/mol. The van der Waals surface area contributed by atoms with Crippen LogP contribution in [0.25, 0.3) is 11.0 Å². The molecule has 27 heavy (non-hydrogen) atoms. The molecule has 1 aromatic heterocycles. The van der Waals surface area contributed by atoms with Gasteiger partial charge < -0.3 is 9.88 Å². The molecule has 0 bridgehead atoms. The Balaban J connectivity index is 1.45. The minimum absolute atomic E-state index is 0.0120. The van der Waals surface area contributed by atoms with Crippen LogP contribution in [-0.4, -0.2) is 38.6 Å². The summed E-state index contributed by atoms with van der Waals surface area (Å²) < 4.78 is 0. The Hall–Kier alpha value is -2.80. The fraction of sp³-hybridized carbons (Fsp3) is 0.250. The fourth-order valence-electron chi connectivity index (χ4n) is 3.96. The Kier molecular flexibility index (Phi) is 3.55. The monoisotopic (exact) mass is 378 g/mol. The van der Waals surface area contributed by atoms with Crippen LogP contribution in [0.1, 0.15) is 18.7 Å². The van der Waals surface area contributed by atoms with Gasteiger partial charge >= 0.3 is 0 Å². The van der Waals surface area contributed by atoms with E-state index in [-0.39, 0.29) is 11.8 Å². The number of hydrogen-bond acceptors (Lipinski definition) is 4. The molecule has 6 nitrogen and oxygen atoms in total.